The van der Waals surface area contributed by atoms with Crippen LogP contribution in [0.1, 0.15) is 10.7 Å². The highest BCUT2D eigenvalue weighted by atomic mass is 35.5. The van der Waals surface area contributed by atoms with E-state index in [4.69, 9.17) is 16.0 Å². The fraction of sp³-hybridized carbons (Fsp3) is 0.231. The number of aryl methyl sites for hydroxylation is 2. The summed E-state index contributed by atoms with van der Waals surface area (Å²) >= 11 is 7.28. The highest BCUT2D eigenvalue weighted by Gasteiger charge is 2.09. The minimum absolute atomic E-state index is 0.324. The van der Waals surface area contributed by atoms with Crippen LogP contribution < -0.4 is 5.76 Å². The van der Waals surface area contributed by atoms with Crippen molar-refractivity contribution in [1.82, 2.24) is 9.55 Å². The molecule has 19 heavy (non-hydrogen) atoms. The van der Waals surface area contributed by atoms with Gasteiger partial charge < -0.3 is 4.42 Å². The summed E-state index contributed by atoms with van der Waals surface area (Å²) in [6.07, 6.45) is 0.699. The Balaban J connectivity index is 1.85. The average molecular weight is 295 g/mol. The number of thiazole rings is 1. The van der Waals surface area contributed by atoms with E-state index in [0.717, 1.165) is 16.2 Å². The number of benzene rings is 1. The van der Waals surface area contributed by atoms with Crippen molar-refractivity contribution in [2.75, 3.05) is 0 Å². The smallest absolute Gasteiger partial charge is 0.408 e. The second kappa shape index (κ2) is 5.19. The lowest BCUT2D eigenvalue weighted by molar-refractivity contribution is 0.505. The molecule has 0 amide bonds. The molecule has 0 saturated heterocycles. The second-order valence-corrected chi connectivity index (χ2v) is 5.31. The number of rotatable bonds is 4. The molecule has 3 rings (SSSR count). The first-order valence-corrected chi connectivity index (χ1v) is 7.27. The van der Waals surface area contributed by atoms with Crippen molar-refractivity contribution >= 4 is 34.0 Å². The summed E-state index contributed by atoms with van der Waals surface area (Å²) in [5.74, 6) is 0.0979. The molecular formula is C13H11ClN2O2S. The molecule has 0 aliphatic heterocycles. The van der Waals surface area contributed by atoms with Gasteiger partial charge in [0.25, 0.3) is 0 Å². The number of hydrogen-bond acceptors (Lipinski definition) is 4. The van der Waals surface area contributed by atoms with Gasteiger partial charge in [-0.1, -0.05) is 12.1 Å². The molecule has 0 spiro atoms. The van der Waals surface area contributed by atoms with Gasteiger partial charge in [0.2, 0.25) is 0 Å². The molecule has 0 saturated carbocycles. The molecule has 0 aliphatic carbocycles. The third-order valence-corrected chi connectivity index (χ3v) is 4.09. The number of hydrogen-bond donors (Lipinski definition) is 0. The molecule has 0 bridgehead atoms. The molecule has 2 aromatic heterocycles. The van der Waals surface area contributed by atoms with Crippen LogP contribution in [0.25, 0.3) is 11.1 Å². The lowest BCUT2D eigenvalue weighted by atomic mass is 10.3. The second-order valence-electron chi connectivity index (χ2n) is 4.10. The van der Waals surface area contributed by atoms with E-state index in [1.807, 2.05) is 23.6 Å². The Hall–Kier alpha value is -1.59. The van der Waals surface area contributed by atoms with E-state index in [1.54, 1.807) is 22.0 Å². The van der Waals surface area contributed by atoms with Gasteiger partial charge in [0, 0.05) is 18.3 Å². The summed E-state index contributed by atoms with van der Waals surface area (Å²) in [5, 5.41) is 2.92. The third kappa shape index (κ3) is 2.43. The standard InChI is InChI=1S/C13H11ClN2O2S/c14-7-9-8-19-12(15-9)5-6-16-10-3-1-2-4-11(10)18-13(16)17/h1-4,8H,5-7H2. The Morgan fingerprint density at radius 1 is 1.37 bits per heavy atom. The molecule has 2 heterocycles. The van der Waals surface area contributed by atoms with E-state index in [-0.39, 0.29) is 5.76 Å². The molecule has 0 atom stereocenters. The zero-order valence-electron chi connectivity index (χ0n) is 10.0. The number of oxazole rings is 1. The van der Waals surface area contributed by atoms with Crippen LogP contribution >= 0.6 is 22.9 Å². The lowest BCUT2D eigenvalue weighted by Gasteiger charge is -1.99. The first-order valence-electron chi connectivity index (χ1n) is 5.85. The lowest BCUT2D eigenvalue weighted by Crippen LogP contribution is -2.15. The summed E-state index contributed by atoms with van der Waals surface area (Å²) in [4.78, 5) is 16.2. The van der Waals surface area contributed by atoms with Crippen LogP contribution in [0.5, 0.6) is 0 Å². The molecule has 98 valence electrons. The minimum atomic E-state index is -0.324. The maximum atomic E-state index is 11.8. The Morgan fingerprint density at radius 2 is 2.21 bits per heavy atom. The first-order chi connectivity index (χ1) is 9.28. The normalized spacial score (nSPS) is 11.2. The molecule has 0 aliphatic rings. The van der Waals surface area contributed by atoms with Crippen molar-refractivity contribution in [2.24, 2.45) is 0 Å². The van der Waals surface area contributed by atoms with E-state index in [2.05, 4.69) is 4.98 Å². The Bertz CT molecular complexity index is 759. The van der Waals surface area contributed by atoms with Gasteiger partial charge in [-0.25, -0.2) is 9.78 Å². The topological polar surface area (TPSA) is 48.0 Å². The molecule has 0 fully saturated rings. The number of aromatic nitrogens is 2. The van der Waals surface area contributed by atoms with E-state index >= 15 is 0 Å². The Labute approximate surface area is 118 Å². The van der Waals surface area contributed by atoms with E-state index in [1.165, 1.54) is 0 Å². The minimum Gasteiger partial charge on any atom is -0.408 e. The summed E-state index contributed by atoms with van der Waals surface area (Å²) in [6, 6.07) is 7.42. The number of para-hydroxylation sites is 2. The Morgan fingerprint density at radius 3 is 3.00 bits per heavy atom. The first kappa shape index (κ1) is 12.4. The van der Waals surface area contributed by atoms with Crippen LogP contribution in [-0.2, 0) is 18.8 Å². The van der Waals surface area contributed by atoms with Crippen molar-refractivity contribution in [2.45, 2.75) is 18.8 Å². The predicted octanol–water partition coefficient (Wildman–Crippen LogP) is 3.03. The van der Waals surface area contributed by atoms with Crippen molar-refractivity contribution < 1.29 is 4.42 Å². The van der Waals surface area contributed by atoms with E-state index in [9.17, 15) is 4.79 Å². The van der Waals surface area contributed by atoms with Crippen molar-refractivity contribution in [1.29, 1.82) is 0 Å². The summed E-state index contributed by atoms with van der Waals surface area (Å²) in [5.41, 5.74) is 2.32. The molecule has 1 aromatic carbocycles. The number of fused-ring (bicyclic) bond motifs is 1. The molecule has 3 aromatic rings. The third-order valence-electron chi connectivity index (χ3n) is 2.86. The zero-order valence-corrected chi connectivity index (χ0v) is 11.6. The van der Waals surface area contributed by atoms with Crippen LogP contribution in [0.3, 0.4) is 0 Å². The number of alkyl halides is 1. The highest BCUT2D eigenvalue weighted by molar-refractivity contribution is 7.09. The van der Waals surface area contributed by atoms with Gasteiger partial charge in [-0.15, -0.1) is 22.9 Å². The highest BCUT2D eigenvalue weighted by Crippen LogP contribution is 2.15. The van der Waals surface area contributed by atoms with Gasteiger partial charge in [0.1, 0.15) is 0 Å². The fourth-order valence-corrected chi connectivity index (χ4v) is 2.97. The van der Waals surface area contributed by atoms with Crippen LogP contribution in [0, 0.1) is 0 Å². The molecule has 0 N–H and O–H groups in total. The monoisotopic (exact) mass is 294 g/mol. The van der Waals surface area contributed by atoms with Crippen molar-refractivity contribution in [3.63, 3.8) is 0 Å². The maximum absolute atomic E-state index is 11.8. The fourth-order valence-electron chi connectivity index (χ4n) is 1.96. The van der Waals surface area contributed by atoms with Crippen LogP contribution in [-0.4, -0.2) is 9.55 Å². The number of halogens is 1. The quantitative estimate of drug-likeness (QED) is 0.695. The molecule has 4 nitrogen and oxygen atoms in total. The summed E-state index contributed by atoms with van der Waals surface area (Å²) < 4.78 is 6.82. The molecule has 6 heteroatoms. The summed E-state index contributed by atoms with van der Waals surface area (Å²) in [6.45, 7) is 0.561. The predicted molar refractivity (Wildman–Crippen MR) is 75.8 cm³/mol. The SMILES string of the molecule is O=c1oc2ccccc2n1CCc1nc(CCl)cs1. The van der Waals surface area contributed by atoms with Gasteiger partial charge >= 0.3 is 5.76 Å². The van der Waals surface area contributed by atoms with Crippen LogP contribution in [0.4, 0.5) is 0 Å². The number of nitrogens with zero attached hydrogens (tertiary/aromatic N) is 2. The maximum Gasteiger partial charge on any atom is 0.419 e. The molecule has 0 radical (unpaired) electrons. The van der Waals surface area contributed by atoms with Crippen molar-refractivity contribution in [3.8, 4) is 0 Å². The van der Waals surface area contributed by atoms with Gasteiger partial charge in [0.05, 0.1) is 22.1 Å². The van der Waals surface area contributed by atoms with Gasteiger partial charge in [-0.3, -0.25) is 4.57 Å². The zero-order chi connectivity index (χ0) is 13.2. The molecular weight excluding hydrogens is 284 g/mol. The van der Waals surface area contributed by atoms with Crippen LogP contribution in [0.2, 0.25) is 0 Å². The average Bonchev–Trinajstić information content (AvgIpc) is 3.00. The van der Waals surface area contributed by atoms with Gasteiger partial charge in [0.15, 0.2) is 5.58 Å². The van der Waals surface area contributed by atoms with Crippen LogP contribution in [0.15, 0.2) is 38.9 Å². The molecule has 0 unspecified atom stereocenters. The van der Waals surface area contributed by atoms with Gasteiger partial charge in [-0.2, -0.15) is 0 Å². The van der Waals surface area contributed by atoms with E-state index in [0.29, 0.717) is 24.4 Å². The Kier molecular flexibility index (Phi) is 3.40. The van der Waals surface area contributed by atoms with Crippen molar-refractivity contribution in [3.05, 3.63) is 50.9 Å². The van der Waals surface area contributed by atoms with E-state index < -0.39 is 0 Å². The largest absolute Gasteiger partial charge is 0.419 e. The van der Waals surface area contributed by atoms with Gasteiger partial charge in [-0.05, 0) is 12.1 Å². The summed E-state index contributed by atoms with van der Waals surface area (Å²) in [7, 11) is 0.